The number of rotatable bonds is 9. The van der Waals surface area contributed by atoms with Crippen molar-refractivity contribution >= 4 is 23.6 Å². The average Bonchev–Trinajstić information content (AvgIpc) is 2.72. The molecule has 0 fully saturated rings. The summed E-state index contributed by atoms with van der Waals surface area (Å²) in [6.45, 7) is 1.93. The molecule has 1 N–H and O–H groups in total. The highest BCUT2D eigenvalue weighted by molar-refractivity contribution is 5.92. The molecule has 2 aromatic rings. The van der Waals surface area contributed by atoms with Crippen LogP contribution in [0.3, 0.4) is 0 Å². The van der Waals surface area contributed by atoms with Crippen LogP contribution in [-0.2, 0) is 14.3 Å². The summed E-state index contributed by atoms with van der Waals surface area (Å²) in [6.07, 6.45) is 2.49. The number of nitro groups is 1. The lowest BCUT2D eigenvalue weighted by molar-refractivity contribution is -0.385. The molecule has 0 saturated carbocycles. The van der Waals surface area contributed by atoms with E-state index in [0.717, 1.165) is 0 Å². The van der Waals surface area contributed by atoms with Gasteiger partial charge in [-0.15, -0.1) is 0 Å². The first-order chi connectivity index (χ1) is 13.9. The Hall–Kier alpha value is -3.68. The summed E-state index contributed by atoms with van der Waals surface area (Å²) < 4.78 is 10.2. The molecule has 2 rings (SSSR count). The second kappa shape index (κ2) is 10.6. The monoisotopic (exact) mass is 398 g/mol. The summed E-state index contributed by atoms with van der Waals surface area (Å²) in [5.41, 5.74) is 0.869. The van der Waals surface area contributed by atoms with E-state index in [1.165, 1.54) is 25.3 Å². The van der Waals surface area contributed by atoms with Gasteiger partial charge in [-0.3, -0.25) is 19.7 Å². The zero-order valence-electron chi connectivity index (χ0n) is 16.2. The van der Waals surface area contributed by atoms with E-state index in [0.29, 0.717) is 16.9 Å². The molecule has 0 spiro atoms. The highest BCUT2D eigenvalue weighted by Gasteiger charge is 2.19. The fourth-order valence-electron chi connectivity index (χ4n) is 2.68. The van der Waals surface area contributed by atoms with E-state index in [2.05, 4.69) is 5.32 Å². The molecule has 0 saturated heterocycles. The average molecular weight is 398 g/mol. The molecule has 0 aliphatic heterocycles. The molecule has 8 nitrogen and oxygen atoms in total. The van der Waals surface area contributed by atoms with Crippen LogP contribution >= 0.6 is 0 Å². The zero-order valence-corrected chi connectivity index (χ0v) is 16.2. The van der Waals surface area contributed by atoms with Gasteiger partial charge in [0.05, 0.1) is 36.7 Å². The van der Waals surface area contributed by atoms with E-state index in [1.54, 1.807) is 49.4 Å². The Kier molecular flexibility index (Phi) is 7.90. The summed E-state index contributed by atoms with van der Waals surface area (Å²) in [5.74, 6) is -0.371. The maximum absolute atomic E-state index is 12.4. The number of nitrogens with zero attached hydrogens (tertiary/aromatic N) is 1. The molecule has 29 heavy (non-hydrogen) atoms. The number of benzene rings is 2. The number of carbonyl (C=O) groups is 2. The SMILES string of the molecule is CCOC(=O)CC(NC(=O)/C=C/c1ccccc1[N+](=O)[O-])c1cccc(OC)c1. The van der Waals surface area contributed by atoms with Gasteiger partial charge < -0.3 is 14.8 Å². The van der Waals surface area contributed by atoms with Crippen LogP contribution in [0.1, 0.15) is 30.5 Å². The first-order valence-corrected chi connectivity index (χ1v) is 8.96. The number of nitro benzene ring substituents is 1. The molecule has 0 aliphatic rings. The van der Waals surface area contributed by atoms with Crippen molar-refractivity contribution in [1.82, 2.24) is 5.32 Å². The number of ether oxygens (including phenoxy) is 2. The third-order valence-corrected chi connectivity index (χ3v) is 4.04. The molecule has 0 aliphatic carbocycles. The van der Waals surface area contributed by atoms with Gasteiger partial charge in [-0.2, -0.15) is 0 Å². The lowest BCUT2D eigenvalue weighted by Gasteiger charge is -2.18. The Morgan fingerprint density at radius 1 is 1.21 bits per heavy atom. The smallest absolute Gasteiger partial charge is 0.308 e. The molecule has 1 atom stereocenters. The second-order valence-corrected chi connectivity index (χ2v) is 6.00. The number of amides is 1. The number of hydrogen-bond donors (Lipinski definition) is 1. The Labute approximate surface area is 168 Å². The molecule has 0 heterocycles. The molecule has 0 radical (unpaired) electrons. The summed E-state index contributed by atoms with van der Waals surface area (Å²) in [4.78, 5) is 35.0. The predicted octanol–water partition coefficient (Wildman–Crippen LogP) is 3.43. The van der Waals surface area contributed by atoms with E-state index in [9.17, 15) is 19.7 Å². The Balaban J connectivity index is 2.20. The van der Waals surface area contributed by atoms with E-state index in [-0.39, 0.29) is 18.7 Å². The molecule has 0 bridgehead atoms. The minimum atomic E-state index is -0.646. The van der Waals surface area contributed by atoms with Crippen molar-refractivity contribution in [2.24, 2.45) is 0 Å². The van der Waals surface area contributed by atoms with E-state index in [4.69, 9.17) is 9.47 Å². The zero-order chi connectivity index (χ0) is 21.2. The summed E-state index contributed by atoms with van der Waals surface area (Å²) in [6, 6.07) is 12.4. The first-order valence-electron chi connectivity index (χ1n) is 8.96. The van der Waals surface area contributed by atoms with Crippen molar-refractivity contribution in [3.05, 3.63) is 75.8 Å². The quantitative estimate of drug-likeness (QED) is 0.300. The number of esters is 1. The van der Waals surface area contributed by atoms with Crippen LogP contribution in [-0.4, -0.2) is 30.5 Å². The van der Waals surface area contributed by atoms with Gasteiger partial charge in [-0.05, 0) is 36.8 Å². The third-order valence-electron chi connectivity index (χ3n) is 4.04. The topological polar surface area (TPSA) is 108 Å². The van der Waals surface area contributed by atoms with E-state index >= 15 is 0 Å². The van der Waals surface area contributed by atoms with Crippen LogP contribution in [0.2, 0.25) is 0 Å². The standard InChI is InChI=1S/C21H22N2O6/c1-3-29-21(25)14-18(16-8-6-9-17(13-16)28-2)22-20(24)12-11-15-7-4-5-10-19(15)23(26)27/h4-13,18H,3,14H2,1-2H3,(H,22,24)/b12-11+. The highest BCUT2D eigenvalue weighted by atomic mass is 16.6. The van der Waals surface area contributed by atoms with Gasteiger partial charge >= 0.3 is 5.97 Å². The lowest BCUT2D eigenvalue weighted by Crippen LogP contribution is -2.29. The fourth-order valence-corrected chi connectivity index (χ4v) is 2.68. The Morgan fingerprint density at radius 2 is 1.97 bits per heavy atom. The van der Waals surface area contributed by atoms with E-state index < -0.39 is 22.8 Å². The van der Waals surface area contributed by atoms with Crippen molar-refractivity contribution in [2.45, 2.75) is 19.4 Å². The van der Waals surface area contributed by atoms with Crippen molar-refractivity contribution < 1.29 is 24.0 Å². The third kappa shape index (κ3) is 6.46. The van der Waals surface area contributed by atoms with Crippen molar-refractivity contribution in [2.75, 3.05) is 13.7 Å². The molecule has 2 aromatic carbocycles. The van der Waals surface area contributed by atoms with Crippen LogP contribution in [0.4, 0.5) is 5.69 Å². The minimum Gasteiger partial charge on any atom is -0.497 e. The normalized spacial score (nSPS) is 11.7. The lowest BCUT2D eigenvalue weighted by atomic mass is 10.0. The Morgan fingerprint density at radius 3 is 2.66 bits per heavy atom. The molecule has 8 heteroatoms. The molecular weight excluding hydrogens is 376 g/mol. The highest BCUT2D eigenvalue weighted by Crippen LogP contribution is 2.23. The second-order valence-electron chi connectivity index (χ2n) is 6.00. The van der Waals surface area contributed by atoms with Gasteiger partial charge in [0, 0.05) is 12.1 Å². The number of para-hydroxylation sites is 1. The van der Waals surface area contributed by atoms with Crippen LogP contribution in [0.5, 0.6) is 5.75 Å². The maximum Gasteiger partial charge on any atom is 0.308 e. The summed E-state index contributed by atoms with van der Waals surface area (Å²) >= 11 is 0. The van der Waals surface area contributed by atoms with Crippen molar-refractivity contribution in [3.63, 3.8) is 0 Å². The summed E-state index contributed by atoms with van der Waals surface area (Å²) in [5, 5.41) is 13.8. The summed E-state index contributed by atoms with van der Waals surface area (Å²) in [7, 11) is 1.52. The van der Waals surface area contributed by atoms with Crippen molar-refractivity contribution in [3.8, 4) is 5.75 Å². The van der Waals surface area contributed by atoms with Gasteiger partial charge in [0.25, 0.3) is 5.69 Å². The van der Waals surface area contributed by atoms with Gasteiger partial charge in [0.2, 0.25) is 5.91 Å². The van der Waals surface area contributed by atoms with E-state index in [1.807, 2.05) is 0 Å². The number of nitrogens with one attached hydrogen (secondary N) is 1. The molecule has 1 unspecified atom stereocenters. The van der Waals surface area contributed by atoms with Crippen molar-refractivity contribution in [1.29, 1.82) is 0 Å². The Bertz CT molecular complexity index is 910. The molecular formula is C21H22N2O6. The fraction of sp³-hybridized carbons (Fsp3) is 0.238. The van der Waals surface area contributed by atoms with Gasteiger partial charge in [0.15, 0.2) is 0 Å². The number of hydrogen-bond acceptors (Lipinski definition) is 6. The largest absolute Gasteiger partial charge is 0.497 e. The van der Waals surface area contributed by atoms with Crippen LogP contribution in [0.25, 0.3) is 6.08 Å². The minimum absolute atomic E-state index is 0.0634. The van der Waals surface area contributed by atoms with Gasteiger partial charge in [-0.1, -0.05) is 24.3 Å². The van der Waals surface area contributed by atoms with Crippen LogP contribution < -0.4 is 10.1 Å². The number of methoxy groups -OCH3 is 1. The molecule has 1 amide bonds. The molecule has 0 aromatic heterocycles. The van der Waals surface area contributed by atoms with Crippen LogP contribution in [0, 0.1) is 10.1 Å². The first kappa shape index (κ1) is 21.6. The maximum atomic E-state index is 12.4. The van der Waals surface area contributed by atoms with Crippen LogP contribution in [0.15, 0.2) is 54.6 Å². The molecule has 152 valence electrons. The number of carbonyl (C=O) groups excluding carboxylic acids is 2. The van der Waals surface area contributed by atoms with Gasteiger partial charge in [0.1, 0.15) is 5.75 Å². The predicted molar refractivity (Wildman–Crippen MR) is 107 cm³/mol. The van der Waals surface area contributed by atoms with Gasteiger partial charge in [-0.25, -0.2) is 0 Å².